The minimum atomic E-state index is -0.168. The van der Waals surface area contributed by atoms with Crippen molar-refractivity contribution >= 4 is 5.78 Å². The van der Waals surface area contributed by atoms with Crippen LogP contribution in [0.2, 0.25) is 0 Å². The Hall–Kier alpha value is -1.86. The second-order valence-electron chi connectivity index (χ2n) is 4.47. The minimum Gasteiger partial charge on any atom is -0.489 e. The summed E-state index contributed by atoms with van der Waals surface area (Å²) in [5.41, 5.74) is 6.17. The normalized spacial score (nSPS) is 15.3. The number of hydrogen-bond donors (Lipinski definition) is 1. The first-order valence-electron chi connectivity index (χ1n) is 6.18. The molecular formula is C14H16N2O2. The van der Waals surface area contributed by atoms with E-state index in [9.17, 15) is 4.79 Å². The Labute approximate surface area is 106 Å². The predicted octanol–water partition coefficient (Wildman–Crippen LogP) is 2.02. The van der Waals surface area contributed by atoms with E-state index in [0.717, 1.165) is 12.8 Å². The fraction of sp³-hybridized carbons (Fsp3) is 0.429. The average molecular weight is 244 g/mol. The van der Waals surface area contributed by atoms with Crippen molar-refractivity contribution in [1.82, 2.24) is 0 Å². The van der Waals surface area contributed by atoms with Crippen LogP contribution in [0.4, 0.5) is 0 Å². The van der Waals surface area contributed by atoms with Gasteiger partial charge in [-0.15, -0.1) is 0 Å². The summed E-state index contributed by atoms with van der Waals surface area (Å²) in [7, 11) is 0. The summed E-state index contributed by atoms with van der Waals surface area (Å²) < 4.78 is 5.80. The summed E-state index contributed by atoms with van der Waals surface area (Å²) in [5, 5.41) is 9.10. The number of nitrogens with two attached hydrogens (primary N) is 1. The van der Waals surface area contributed by atoms with Gasteiger partial charge in [0.2, 0.25) is 0 Å². The summed E-state index contributed by atoms with van der Waals surface area (Å²) in [4.78, 5) is 11.5. The molecule has 1 aliphatic rings. The lowest BCUT2D eigenvalue weighted by Crippen LogP contribution is -2.15. The Balaban J connectivity index is 2.20. The number of hydrogen-bond acceptors (Lipinski definition) is 4. The van der Waals surface area contributed by atoms with Crippen LogP contribution in [0.25, 0.3) is 0 Å². The lowest BCUT2D eigenvalue weighted by molar-refractivity contribution is 0.100. The van der Waals surface area contributed by atoms with Gasteiger partial charge in [0, 0.05) is 5.56 Å². The van der Waals surface area contributed by atoms with E-state index in [2.05, 4.69) is 6.07 Å². The molecule has 0 aliphatic heterocycles. The molecule has 18 heavy (non-hydrogen) atoms. The van der Waals surface area contributed by atoms with E-state index in [1.807, 2.05) is 0 Å². The zero-order valence-corrected chi connectivity index (χ0v) is 10.2. The number of nitrogens with zero attached hydrogens (tertiary/aromatic N) is 1. The average Bonchev–Trinajstić information content (AvgIpc) is 2.91. The summed E-state index contributed by atoms with van der Waals surface area (Å²) in [6.07, 6.45) is 4.63. The Morgan fingerprint density at radius 3 is 2.78 bits per heavy atom. The number of ketones is 1. The third kappa shape index (κ3) is 2.69. The first-order chi connectivity index (χ1) is 8.74. The largest absolute Gasteiger partial charge is 0.489 e. The van der Waals surface area contributed by atoms with Gasteiger partial charge >= 0.3 is 0 Å². The lowest BCUT2D eigenvalue weighted by atomic mass is 10.1. The van der Waals surface area contributed by atoms with Crippen LogP contribution >= 0.6 is 0 Å². The molecule has 0 radical (unpaired) electrons. The second kappa shape index (κ2) is 5.65. The van der Waals surface area contributed by atoms with Gasteiger partial charge in [0.25, 0.3) is 0 Å². The van der Waals surface area contributed by atoms with Crippen LogP contribution in [0.3, 0.4) is 0 Å². The Morgan fingerprint density at radius 2 is 2.17 bits per heavy atom. The van der Waals surface area contributed by atoms with Crippen molar-refractivity contribution in [1.29, 1.82) is 5.26 Å². The first kappa shape index (κ1) is 12.6. The third-order valence-electron chi connectivity index (χ3n) is 3.20. The van der Waals surface area contributed by atoms with Gasteiger partial charge in [-0.3, -0.25) is 4.79 Å². The van der Waals surface area contributed by atoms with Crippen LogP contribution in [-0.4, -0.2) is 18.4 Å². The van der Waals surface area contributed by atoms with E-state index in [0.29, 0.717) is 16.9 Å². The third-order valence-corrected chi connectivity index (χ3v) is 3.20. The number of carbonyl (C=O) groups is 1. The van der Waals surface area contributed by atoms with Crippen LogP contribution in [-0.2, 0) is 0 Å². The van der Waals surface area contributed by atoms with Crippen molar-refractivity contribution < 1.29 is 9.53 Å². The smallest absolute Gasteiger partial charge is 0.176 e. The van der Waals surface area contributed by atoms with Gasteiger partial charge in [-0.25, -0.2) is 0 Å². The van der Waals surface area contributed by atoms with Crippen LogP contribution in [0.5, 0.6) is 5.75 Å². The van der Waals surface area contributed by atoms with Gasteiger partial charge in [0.05, 0.1) is 18.2 Å². The van der Waals surface area contributed by atoms with E-state index >= 15 is 0 Å². The summed E-state index contributed by atoms with van der Waals surface area (Å²) in [5.74, 6) is 0.400. The molecule has 1 aromatic carbocycles. The summed E-state index contributed by atoms with van der Waals surface area (Å²) in [6.45, 7) is -0.0479. The maximum atomic E-state index is 11.5. The first-order valence-corrected chi connectivity index (χ1v) is 6.18. The highest BCUT2D eigenvalue weighted by molar-refractivity contribution is 5.98. The monoisotopic (exact) mass is 244 g/mol. The number of rotatable bonds is 4. The van der Waals surface area contributed by atoms with Crippen LogP contribution in [0.15, 0.2) is 18.2 Å². The number of Topliss-reactive ketones (excluding diaryl/α,β-unsaturated/α-hetero) is 1. The molecule has 94 valence electrons. The number of benzene rings is 1. The molecule has 0 atom stereocenters. The molecule has 1 aromatic rings. The number of carbonyl (C=O) groups excluding carboxylic acids is 1. The molecule has 0 aromatic heterocycles. The summed E-state index contributed by atoms with van der Waals surface area (Å²) >= 11 is 0. The Bertz CT molecular complexity index is 485. The van der Waals surface area contributed by atoms with Crippen LogP contribution in [0.1, 0.15) is 41.6 Å². The Morgan fingerprint density at radius 1 is 1.44 bits per heavy atom. The van der Waals surface area contributed by atoms with Crippen molar-refractivity contribution in [3.63, 3.8) is 0 Å². The van der Waals surface area contributed by atoms with Crippen molar-refractivity contribution in [3.8, 4) is 11.8 Å². The molecule has 1 fully saturated rings. The van der Waals surface area contributed by atoms with Gasteiger partial charge in [0.15, 0.2) is 5.78 Å². The molecule has 0 unspecified atom stereocenters. The van der Waals surface area contributed by atoms with Crippen molar-refractivity contribution in [3.05, 3.63) is 29.3 Å². The fourth-order valence-corrected chi connectivity index (χ4v) is 2.20. The molecule has 4 heteroatoms. The lowest BCUT2D eigenvalue weighted by Gasteiger charge is -2.14. The second-order valence-corrected chi connectivity index (χ2v) is 4.47. The van der Waals surface area contributed by atoms with Gasteiger partial charge in [-0.1, -0.05) is 0 Å². The van der Waals surface area contributed by atoms with E-state index in [4.69, 9.17) is 15.7 Å². The molecule has 1 saturated carbocycles. The quantitative estimate of drug-likeness (QED) is 0.822. The fourth-order valence-electron chi connectivity index (χ4n) is 2.20. The molecule has 0 saturated heterocycles. The number of nitriles is 1. The van der Waals surface area contributed by atoms with Crippen LogP contribution < -0.4 is 10.5 Å². The zero-order chi connectivity index (χ0) is 13.0. The summed E-state index contributed by atoms with van der Waals surface area (Å²) in [6, 6.07) is 6.99. The molecule has 2 rings (SSSR count). The van der Waals surface area contributed by atoms with Gasteiger partial charge in [0.1, 0.15) is 11.8 Å². The molecule has 0 heterocycles. The van der Waals surface area contributed by atoms with Gasteiger partial charge in [-0.05, 0) is 43.9 Å². The van der Waals surface area contributed by atoms with Gasteiger partial charge < -0.3 is 10.5 Å². The predicted molar refractivity (Wildman–Crippen MR) is 67.4 cm³/mol. The van der Waals surface area contributed by atoms with Crippen molar-refractivity contribution in [2.45, 2.75) is 31.8 Å². The zero-order valence-electron chi connectivity index (χ0n) is 10.2. The van der Waals surface area contributed by atoms with Crippen LogP contribution in [0, 0.1) is 11.3 Å². The van der Waals surface area contributed by atoms with E-state index in [1.165, 1.54) is 12.8 Å². The van der Waals surface area contributed by atoms with E-state index in [1.54, 1.807) is 18.2 Å². The Kier molecular flexibility index (Phi) is 3.96. The topological polar surface area (TPSA) is 76.1 Å². The highest BCUT2D eigenvalue weighted by atomic mass is 16.5. The maximum Gasteiger partial charge on any atom is 0.176 e. The number of ether oxygens (including phenoxy) is 1. The highest BCUT2D eigenvalue weighted by Gasteiger charge is 2.18. The molecule has 0 amide bonds. The maximum absolute atomic E-state index is 11.5. The van der Waals surface area contributed by atoms with Gasteiger partial charge in [-0.2, -0.15) is 5.26 Å². The molecule has 0 bridgehead atoms. The molecular weight excluding hydrogens is 228 g/mol. The molecule has 1 aliphatic carbocycles. The van der Waals surface area contributed by atoms with E-state index < -0.39 is 0 Å². The van der Waals surface area contributed by atoms with Crippen molar-refractivity contribution in [2.24, 2.45) is 5.73 Å². The molecule has 0 spiro atoms. The molecule has 2 N–H and O–H groups in total. The molecule has 4 nitrogen and oxygen atoms in total. The van der Waals surface area contributed by atoms with E-state index in [-0.39, 0.29) is 18.4 Å². The SMILES string of the molecule is N#Cc1cc(C(=O)CN)ccc1OC1CCCC1. The highest BCUT2D eigenvalue weighted by Crippen LogP contribution is 2.27. The standard InChI is InChI=1S/C14H16N2O2/c15-8-11-7-10(13(17)9-16)5-6-14(11)18-12-3-1-2-4-12/h5-7,12H,1-4,9,16H2. The van der Waals surface area contributed by atoms with Crippen molar-refractivity contribution in [2.75, 3.05) is 6.54 Å². The minimum absolute atomic E-state index is 0.0479.